The SMILES string of the molecule is Cc1ccc(C(O)CN2CCSCC2)cc1. The van der Waals surface area contributed by atoms with E-state index in [0.29, 0.717) is 0 Å². The summed E-state index contributed by atoms with van der Waals surface area (Å²) in [5.41, 5.74) is 2.27. The zero-order chi connectivity index (χ0) is 11.4. The number of aryl methyl sites for hydroxylation is 1. The molecule has 1 aliphatic rings. The molecule has 1 aliphatic heterocycles. The lowest BCUT2D eigenvalue weighted by atomic mass is 10.1. The molecule has 16 heavy (non-hydrogen) atoms. The van der Waals surface area contributed by atoms with E-state index < -0.39 is 0 Å². The Morgan fingerprint density at radius 1 is 1.25 bits per heavy atom. The molecule has 1 unspecified atom stereocenters. The average Bonchev–Trinajstić information content (AvgIpc) is 2.31. The van der Waals surface area contributed by atoms with Crippen molar-refractivity contribution in [1.82, 2.24) is 4.90 Å². The highest BCUT2D eigenvalue weighted by Gasteiger charge is 2.15. The third kappa shape index (κ3) is 3.24. The highest BCUT2D eigenvalue weighted by atomic mass is 32.2. The second-order valence-corrected chi connectivity index (χ2v) is 5.56. The Morgan fingerprint density at radius 2 is 1.88 bits per heavy atom. The predicted molar refractivity (Wildman–Crippen MR) is 69.9 cm³/mol. The lowest BCUT2D eigenvalue weighted by Gasteiger charge is -2.28. The molecular weight excluding hydrogens is 218 g/mol. The van der Waals surface area contributed by atoms with Gasteiger partial charge in [0.05, 0.1) is 6.10 Å². The van der Waals surface area contributed by atoms with Crippen LogP contribution in [-0.4, -0.2) is 41.1 Å². The van der Waals surface area contributed by atoms with E-state index in [4.69, 9.17) is 0 Å². The van der Waals surface area contributed by atoms with Crippen LogP contribution in [0.3, 0.4) is 0 Å². The smallest absolute Gasteiger partial charge is 0.0916 e. The summed E-state index contributed by atoms with van der Waals surface area (Å²) < 4.78 is 0. The minimum absolute atomic E-state index is 0.344. The van der Waals surface area contributed by atoms with Gasteiger partial charge in [-0.15, -0.1) is 0 Å². The normalized spacial score (nSPS) is 19.6. The van der Waals surface area contributed by atoms with Crippen molar-refractivity contribution >= 4 is 11.8 Å². The van der Waals surface area contributed by atoms with E-state index in [0.717, 1.165) is 25.2 Å². The molecule has 1 atom stereocenters. The fourth-order valence-corrected chi connectivity index (χ4v) is 2.90. The molecule has 1 fully saturated rings. The van der Waals surface area contributed by atoms with Crippen LogP contribution in [0.1, 0.15) is 17.2 Å². The number of rotatable bonds is 3. The van der Waals surface area contributed by atoms with Gasteiger partial charge in [-0.3, -0.25) is 4.90 Å². The van der Waals surface area contributed by atoms with E-state index in [1.54, 1.807) is 0 Å². The van der Waals surface area contributed by atoms with Gasteiger partial charge < -0.3 is 5.11 Å². The first-order valence-electron chi connectivity index (χ1n) is 5.80. The molecule has 3 heteroatoms. The Morgan fingerprint density at radius 3 is 2.50 bits per heavy atom. The second-order valence-electron chi connectivity index (χ2n) is 4.34. The van der Waals surface area contributed by atoms with Crippen LogP contribution in [-0.2, 0) is 0 Å². The van der Waals surface area contributed by atoms with Crippen molar-refractivity contribution in [2.45, 2.75) is 13.0 Å². The molecule has 1 heterocycles. The van der Waals surface area contributed by atoms with Crippen molar-refractivity contribution in [2.24, 2.45) is 0 Å². The summed E-state index contributed by atoms with van der Waals surface area (Å²) in [5.74, 6) is 2.39. The summed E-state index contributed by atoms with van der Waals surface area (Å²) in [7, 11) is 0. The van der Waals surface area contributed by atoms with E-state index in [2.05, 4.69) is 24.0 Å². The Hall–Kier alpha value is -0.510. The molecule has 1 saturated heterocycles. The first kappa shape index (κ1) is 12.0. The lowest BCUT2D eigenvalue weighted by molar-refractivity contribution is 0.119. The standard InChI is InChI=1S/C13H19NOS/c1-11-2-4-12(5-3-11)13(15)10-14-6-8-16-9-7-14/h2-5,13,15H,6-10H2,1H3. The number of benzene rings is 1. The average molecular weight is 237 g/mol. The van der Waals surface area contributed by atoms with Gasteiger partial charge in [0, 0.05) is 31.1 Å². The summed E-state index contributed by atoms with van der Waals surface area (Å²) in [5, 5.41) is 10.1. The highest BCUT2D eigenvalue weighted by molar-refractivity contribution is 7.99. The Kier molecular flexibility index (Phi) is 4.27. The van der Waals surface area contributed by atoms with Crippen LogP contribution in [0.15, 0.2) is 24.3 Å². The Labute approximate surface area is 102 Å². The quantitative estimate of drug-likeness (QED) is 0.870. The van der Waals surface area contributed by atoms with Crippen LogP contribution in [0.25, 0.3) is 0 Å². The summed E-state index contributed by atoms with van der Waals surface area (Å²) in [4.78, 5) is 2.35. The molecule has 1 aromatic carbocycles. The highest BCUT2D eigenvalue weighted by Crippen LogP contribution is 2.17. The first-order chi connectivity index (χ1) is 7.75. The van der Waals surface area contributed by atoms with Crippen LogP contribution in [0.4, 0.5) is 0 Å². The molecule has 2 rings (SSSR count). The summed E-state index contributed by atoms with van der Waals surface area (Å²) >= 11 is 2.00. The Bertz CT molecular complexity index is 319. The lowest BCUT2D eigenvalue weighted by Crippen LogP contribution is -2.35. The molecule has 2 nitrogen and oxygen atoms in total. The summed E-state index contributed by atoms with van der Waals surface area (Å²) in [6.07, 6.45) is -0.344. The van der Waals surface area contributed by atoms with Crippen molar-refractivity contribution < 1.29 is 5.11 Å². The van der Waals surface area contributed by atoms with Crippen molar-refractivity contribution in [3.8, 4) is 0 Å². The molecule has 0 spiro atoms. The topological polar surface area (TPSA) is 23.5 Å². The molecule has 1 aromatic rings. The number of thioether (sulfide) groups is 1. The molecule has 0 aliphatic carbocycles. The van der Waals surface area contributed by atoms with Crippen LogP contribution < -0.4 is 0 Å². The predicted octanol–water partition coefficient (Wildman–Crippen LogP) is 2.08. The van der Waals surface area contributed by atoms with Gasteiger partial charge in [0.2, 0.25) is 0 Å². The Balaban J connectivity index is 1.91. The molecule has 0 bridgehead atoms. The summed E-state index contributed by atoms with van der Waals surface area (Å²) in [6, 6.07) is 8.17. The van der Waals surface area contributed by atoms with Crippen molar-refractivity contribution in [3.05, 3.63) is 35.4 Å². The molecule has 1 N–H and O–H groups in total. The molecule has 0 saturated carbocycles. The molecule has 0 aromatic heterocycles. The van der Waals surface area contributed by atoms with Crippen molar-refractivity contribution in [1.29, 1.82) is 0 Å². The van der Waals surface area contributed by atoms with Crippen molar-refractivity contribution in [2.75, 3.05) is 31.1 Å². The third-order valence-electron chi connectivity index (χ3n) is 3.00. The van der Waals surface area contributed by atoms with Crippen LogP contribution in [0.5, 0.6) is 0 Å². The van der Waals surface area contributed by atoms with E-state index in [9.17, 15) is 5.11 Å². The van der Waals surface area contributed by atoms with E-state index >= 15 is 0 Å². The van der Waals surface area contributed by atoms with Gasteiger partial charge in [-0.05, 0) is 12.5 Å². The van der Waals surface area contributed by atoms with Gasteiger partial charge in [0.15, 0.2) is 0 Å². The van der Waals surface area contributed by atoms with Gasteiger partial charge >= 0.3 is 0 Å². The maximum absolute atomic E-state index is 10.1. The van der Waals surface area contributed by atoms with Crippen LogP contribution >= 0.6 is 11.8 Å². The number of nitrogens with zero attached hydrogens (tertiary/aromatic N) is 1. The maximum Gasteiger partial charge on any atom is 0.0916 e. The summed E-state index contributed by atoms with van der Waals surface area (Å²) in [6.45, 7) is 5.04. The fraction of sp³-hybridized carbons (Fsp3) is 0.538. The zero-order valence-corrected chi connectivity index (χ0v) is 10.5. The number of β-amino-alcohol motifs (C(OH)–C–C–N with tert-alkyl or cyclic N) is 1. The molecular formula is C13H19NOS. The van der Waals surface area contributed by atoms with Gasteiger partial charge in [0.1, 0.15) is 0 Å². The molecule has 88 valence electrons. The van der Waals surface area contributed by atoms with E-state index in [1.165, 1.54) is 17.1 Å². The van der Waals surface area contributed by atoms with Gasteiger partial charge in [-0.2, -0.15) is 11.8 Å². The monoisotopic (exact) mass is 237 g/mol. The van der Waals surface area contributed by atoms with E-state index in [1.807, 2.05) is 23.9 Å². The largest absolute Gasteiger partial charge is 0.387 e. The fourth-order valence-electron chi connectivity index (χ4n) is 1.92. The molecule has 0 amide bonds. The van der Waals surface area contributed by atoms with Crippen LogP contribution in [0.2, 0.25) is 0 Å². The minimum Gasteiger partial charge on any atom is -0.387 e. The maximum atomic E-state index is 10.1. The number of hydrogen-bond acceptors (Lipinski definition) is 3. The molecule has 0 radical (unpaired) electrons. The van der Waals surface area contributed by atoms with Crippen LogP contribution in [0, 0.1) is 6.92 Å². The van der Waals surface area contributed by atoms with Gasteiger partial charge in [-0.1, -0.05) is 29.8 Å². The van der Waals surface area contributed by atoms with Gasteiger partial charge in [-0.25, -0.2) is 0 Å². The van der Waals surface area contributed by atoms with E-state index in [-0.39, 0.29) is 6.10 Å². The zero-order valence-electron chi connectivity index (χ0n) is 9.72. The number of hydrogen-bond donors (Lipinski definition) is 1. The number of aliphatic hydroxyl groups excluding tert-OH is 1. The second kappa shape index (κ2) is 5.71. The third-order valence-corrected chi connectivity index (χ3v) is 3.94. The minimum atomic E-state index is -0.344. The van der Waals surface area contributed by atoms with Crippen molar-refractivity contribution in [3.63, 3.8) is 0 Å². The number of aliphatic hydroxyl groups is 1. The van der Waals surface area contributed by atoms with Gasteiger partial charge in [0.25, 0.3) is 0 Å². The first-order valence-corrected chi connectivity index (χ1v) is 6.96.